The Morgan fingerprint density at radius 2 is 1.91 bits per heavy atom. The first kappa shape index (κ1) is 20.6. The molecule has 0 rings (SSSR count). The lowest BCUT2D eigenvalue weighted by molar-refractivity contribution is -0.118. The summed E-state index contributed by atoms with van der Waals surface area (Å²) in [6, 6.07) is 0. The number of Topliss-reactive ketones (excluding diaryl/α,β-unsaturated/α-hetero) is 1. The predicted molar refractivity (Wildman–Crippen MR) is 92.2 cm³/mol. The van der Waals surface area contributed by atoms with Crippen LogP contribution in [0.2, 0.25) is 0 Å². The van der Waals surface area contributed by atoms with Gasteiger partial charge in [0.25, 0.3) is 5.91 Å². The first-order valence-corrected chi connectivity index (χ1v) is 7.38. The maximum absolute atomic E-state index is 12.2. The Morgan fingerprint density at radius 1 is 1.30 bits per heavy atom. The minimum Gasteiger partial charge on any atom is -0.366 e. The average Bonchev–Trinajstić information content (AvgIpc) is 2.45. The van der Waals surface area contributed by atoms with E-state index in [2.05, 4.69) is 11.9 Å². The highest BCUT2D eigenvalue weighted by molar-refractivity contribution is 5.97. The summed E-state index contributed by atoms with van der Waals surface area (Å²) in [4.78, 5) is 34.3. The van der Waals surface area contributed by atoms with Gasteiger partial charge in [-0.1, -0.05) is 32.6 Å². The zero-order valence-electron chi connectivity index (χ0n) is 14.3. The molecule has 5 nitrogen and oxygen atoms in total. The lowest BCUT2D eigenvalue weighted by Crippen LogP contribution is -2.22. The van der Waals surface area contributed by atoms with Gasteiger partial charge in [0.05, 0.1) is 5.57 Å². The summed E-state index contributed by atoms with van der Waals surface area (Å²) in [6.45, 7) is 10.7. The second-order valence-electron chi connectivity index (χ2n) is 5.99. The van der Waals surface area contributed by atoms with E-state index in [0.717, 1.165) is 6.29 Å². The summed E-state index contributed by atoms with van der Waals surface area (Å²) in [6.07, 6.45) is 7.61. The molecule has 0 heterocycles. The van der Waals surface area contributed by atoms with Crippen LogP contribution < -0.4 is 11.1 Å². The Morgan fingerprint density at radius 3 is 2.35 bits per heavy atom. The highest BCUT2D eigenvalue weighted by Crippen LogP contribution is 2.25. The molecular formula is C18H26N2O3. The standard InChI is InChI=1S/C18H26N2O3/c1-6-8-14(17(19)23)15(7-2)20-12-13(3)16(22)11-18(4,5)9-10-21/h6-8,10,12,20H,1,9,11H2,2-5H3,(H2,19,23)/b13-12-,14-8+,15-7+. The quantitative estimate of drug-likeness (QED) is 0.368. The zero-order chi connectivity index (χ0) is 18.0. The Hall–Kier alpha value is -2.43. The van der Waals surface area contributed by atoms with Crippen LogP contribution in [0.4, 0.5) is 0 Å². The van der Waals surface area contributed by atoms with Crippen molar-refractivity contribution in [2.75, 3.05) is 0 Å². The van der Waals surface area contributed by atoms with Crippen LogP contribution in [0.25, 0.3) is 0 Å². The molecule has 0 fully saturated rings. The van der Waals surface area contributed by atoms with Crippen molar-refractivity contribution in [3.05, 3.63) is 47.9 Å². The maximum atomic E-state index is 12.2. The van der Waals surface area contributed by atoms with Crippen LogP contribution in [0, 0.1) is 5.41 Å². The fraction of sp³-hybridized carbons (Fsp3) is 0.389. The van der Waals surface area contributed by atoms with Gasteiger partial charge in [0.2, 0.25) is 0 Å². The molecule has 0 saturated carbocycles. The summed E-state index contributed by atoms with van der Waals surface area (Å²) in [5, 5.41) is 2.93. The van der Waals surface area contributed by atoms with Crippen LogP contribution in [-0.4, -0.2) is 18.0 Å². The molecule has 5 heteroatoms. The number of nitrogens with one attached hydrogen (secondary N) is 1. The summed E-state index contributed by atoms with van der Waals surface area (Å²) in [7, 11) is 0. The summed E-state index contributed by atoms with van der Waals surface area (Å²) in [5.74, 6) is -0.650. The largest absolute Gasteiger partial charge is 0.366 e. The summed E-state index contributed by atoms with van der Waals surface area (Å²) >= 11 is 0. The number of ketones is 1. The number of carbonyl (C=O) groups excluding carboxylic acids is 3. The van der Waals surface area contributed by atoms with Crippen molar-refractivity contribution in [2.45, 2.75) is 40.5 Å². The van der Waals surface area contributed by atoms with E-state index >= 15 is 0 Å². The number of allylic oxidation sites excluding steroid dienone is 4. The molecule has 0 radical (unpaired) electrons. The normalized spacial score (nSPS) is 13.5. The molecule has 0 saturated heterocycles. The highest BCUT2D eigenvalue weighted by Gasteiger charge is 2.22. The third-order valence-corrected chi connectivity index (χ3v) is 3.29. The Kier molecular flexibility index (Phi) is 8.55. The molecule has 0 unspecified atom stereocenters. The molecule has 0 aromatic heterocycles. The molecule has 23 heavy (non-hydrogen) atoms. The Balaban J connectivity index is 5.09. The van der Waals surface area contributed by atoms with Crippen LogP contribution in [0.1, 0.15) is 40.5 Å². The number of aldehydes is 1. The molecule has 0 bridgehead atoms. The highest BCUT2D eigenvalue weighted by atomic mass is 16.1. The predicted octanol–water partition coefficient (Wildman–Crippen LogP) is 2.56. The SMILES string of the molecule is C=C/C=C(C(N)=O)\C(=C/C)N/C=C(/C)C(=O)CC(C)(C)CC=O. The lowest BCUT2D eigenvalue weighted by Gasteiger charge is -2.20. The number of nitrogens with two attached hydrogens (primary N) is 1. The molecule has 0 aliphatic carbocycles. The van der Waals surface area contributed by atoms with Gasteiger partial charge in [0, 0.05) is 30.3 Å². The van der Waals surface area contributed by atoms with Crippen molar-refractivity contribution >= 4 is 18.0 Å². The van der Waals surface area contributed by atoms with Crippen molar-refractivity contribution in [2.24, 2.45) is 11.1 Å². The van der Waals surface area contributed by atoms with Crippen molar-refractivity contribution in [1.82, 2.24) is 5.32 Å². The number of rotatable bonds is 10. The monoisotopic (exact) mass is 318 g/mol. The van der Waals surface area contributed by atoms with Gasteiger partial charge in [-0.2, -0.15) is 0 Å². The van der Waals surface area contributed by atoms with Crippen molar-refractivity contribution in [3.63, 3.8) is 0 Å². The third-order valence-electron chi connectivity index (χ3n) is 3.29. The molecule has 0 aromatic carbocycles. The van der Waals surface area contributed by atoms with Crippen LogP contribution in [0.5, 0.6) is 0 Å². The smallest absolute Gasteiger partial charge is 0.250 e. The average molecular weight is 318 g/mol. The number of hydrogen-bond acceptors (Lipinski definition) is 4. The third kappa shape index (κ3) is 7.40. The van der Waals surface area contributed by atoms with Crippen LogP contribution in [-0.2, 0) is 14.4 Å². The van der Waals surface area contributed by atoms with Gasteiger partial charge >= 0.3 is 0 Å². The van der Waals surface area contributed by atoms with Gasteiger partial charge in [0.15, 0.2) is 5.78 Å². The Bertz CT molecular complexity index is 567. The summed E-state index contributed by atoms with van der Waals surface area (Å²) in [5.41, 5.74) is 6.23. The minimum absolute atomic E-state index is 0.0619. The lowest BCUT2D eigenvalue weighted by atomic mass is 9.83. The van der Waals surface area contributed by atoms with E-state index in [-0.39, 0.29) is 23.2 Å². The van der Waals surface area contributed by atoms with E-state index in [0.29, 0.717) is 17.7 Å². The van der Waals surface area contributed by atoms with Gasteiger partial charge in [-0.3, -0.25) is 9.59 Å². The molecule has 126 valence electrons. The fourth-order valence-electron chi connectivity index (χ4n) is 1.88. The molecule has 0 aromatic rings. The van der Waals surface area contributed by atoms with Crippen LogP contribution in [0.3, 0.4) is 0 Å². The topological polar surface area (TPSA) is 89.3 Å². The number of hydrogen-bond donors (Lipinski definition) is 2. The number of amides is 1. The number of primary amides is 1. The van der Waals surface area contributed by atoms with Crippen molar-refractivity contribution < 1.29 is 14.4 Å². The Labute approximate surface area is 138 Å². The van der Waals surface area contributed by atoms with Gasteiger partial charge in [-0.05, 0) is 25.3 Å². The second-order valence-corrected chi connectivity index (χ2v) is 5.99. The van der Waals surface area contributed by atoms with Gasteiger partial charge in [-0.15, -0.1) is 0 Å². The van der Waals surface area contributed by atoms with Gasteiger partial charge in [0.1, 0.15) is 6.29 Å². The van der Waals surface area contributed by atoms with E-state index < -0.39 is 5.91 Å². The molecule has 0 atom stereocenters. The minimum atomic E-state index is -0.588. The molecule has 0 spiro atoms. The maximum Gasteiger partial charge on any atom is 0.250 e. The number of carbonyl (C=O) groups is 3. The molecular weight excluding hydrogens is 292 g/mol. The van der Waals surface area contributed by atoms with E-state index in [9.17, 15) is 14.4 Å². The first-order chi connectivity index (χ1) is 10.7. The molecule has 1 amide bonds. The van der Waals surface area contributed by atoms with Crippen LogP contribution >= 0.6 is 0 Å². The van der Waals surface area contributed by atoms with Crippen molar-refractivity contribution in [3.8, 4) is 0 Å². The molecule has 0 aliphatic heterocycles. The van der Waals surface area contributed by atoms with E-state index in [1.807, 2.05) is 13.8 Å². The van der Waals surface area contributed by atoms with E-state index in [4.69, 9.17) is 5.73 Å². The first-order valence-electron chi connectivity index (χ1n) is 7.38. The van der Waals surface area contributed by atoms with Crippen LogP contribution in [0.15, 0.2) is 47.9 Å². The van der Waals surface area contributed by atoms with Crippen molar-refractivity contribution in [1.29, 1.82) is 0 Å². The molecule has 3 N–H and O–H groups in total. The van der Waals surface area contributed by atoms with E-state index in [1.54, 1.807) is 19.9 Å². The van der Waals surface area contributed by atoms with Gasteiger partial charge in [-0.25, -0.2) is 0 Å². The summed E-state index contributed by atoms with van der Waals surface area (Å²) < 4.78 is 0. The zero-order valence-corrected chi connectivity index (χ0v) is 14.3. The second kappa shape index (κ2) is 9.56. The van der Waals surface area contributed by atoms with Gasteiger partial charge < -0.3 is 15.8 Å². The van der Waals surface area contributed by atoms with E-state index in [1.165, 1.54) is 18.4 Å². The fourth-order valence-corrected chi connectivity index (χ4v) is 1.88. The molecule has 0 aliphatic rings.